The van der Waals surface area contributed by atoms with Crippen LogP contribution in [-0.2, 0) is 23.2 Å². The van der Waals surface area contributed by atoms with E-state index in [1.807, 2.05) is 13.8 Å². The Hall–Kier alpha value is -3.01. The molecule has 0 radical (unpaired) electrons. The number of benzene rings is 1. The summed E-state index contributed by atoms with van der Waals surface area (Å²) < 4.78 is 7.65. The minimum absolute atomic E-state index is 0.360. The number of hydrogen-bond acceptors (Lipinski definition) is 7. The van der Waals surface area contributed by atoms with Crippen molar-refractivity contribution in [2.24, 2.45) is 13.0 Å². The first kappa shape index (κ1) is 27.0. The van der Waals surface area contributed by atoms with Gasteiger partial charge >= 0.3 is 0 Å². The van der Waals surface area contributed by atoms with Crippen molar-refractivity contribution >= 4 is 22.8 Å². The summed E-state index contributed by atoms with van der Waals surface area (Å²) in [5, 5.41) is 4.98. The molecular formula is C28H40N6O3. The second-order valence-electron chi connectivity index (χ2n) is 9.46. The minimum atomic E-state index is -0.379. The Labute approximate surface area is 219 Å². The van der Waals surface area contributed by atoms with Crippen LogP contribution in [0.25, 0.3) is 10.9 Å². The molecule has 0 spiro atoms. The summed E-state index contributed by atoms with van der Waals surface area (Å²) in [6.07, 6.45) is 9.98. The monoisotopic (exact) mass is 508 g/mol. The molecule has 1 amide bonds. The molecule has 2 aliphatic rings. The van der Waals surface area contributed by atoms with Crippen LogP contribution in [0.3, 0.4) is 0 Å². The van der Waals surface area contributed by atoms with E-state index in [4.69, 9.17) is 9.57 Å². The number of para-hydroxylation sites is 1. The van der Waals surface area contributed by atoms with E-state index in [1.54, 1.807) is 12.4 Å². The molecule has 1 aromatic carbocycles. The Morgan fingerprint density at radius 2 is 1.86 bits per heavy atom. The number of fused-ring (bicyclic) bond motifs is 1. The Morgan fingerprint density at radius 3 is 2.59 bits per heavy atom. The SMILES string of the molecule is CC.Cn1cc(CNCC2CCN(c3ncc(C(=O)NOC4CCCCO4)cn3)CC2)c2ccccc21. The smallest absolute Gasteiger partial charge is 0.278 e. The maximum Gasteiger partial charge on any atom is 0.278 e. The van der Waals surface area contributed by atoms with Crippen LogP contribution in [0.15, 0.2) is 42.9 Å². The lowest BCUT2D eigenvalue weighted by molar-refractivity contribution is -0.186. The predicted molar refractivity (Wildman–Crippen MR) is 145 cm³/mol. The van der Waals surface area contributed by atoms with E-state index in [0.29, 0.717) is 24.0 Å². The van der Waals surface area contributed by atoms with Crippen LogP contribution in [0.5, 0.6) is 0 Å². The van der Waals surface area contributed by atoms with Crippen LogP contribution in [0.4, 0.5) is 5.95 Å². The van der Waals surface area contributed by atoms with Gasteiger partial charge in [0.05, 0.1) is 5.56 Å². The molecule has 2 N–H and O–H groups in total. The third kappa shape index (κ3) is 7.06. The van der Waals surface area contributed by atoms with Crippen molar-refractivity contribution in [2.45, 2.75) is 58.8 Å². The first-order chi connectivity index (χ1) is 18.2. The van der Waals surface area contributed by atoms with Crippen LogP contribution >= 0.6 is 0 Å². The van der Waals surface area contributed by atoms with Gasteiger partial charge in [-0.2, -0.15) is 0 Å². The van der Waals surface area contributed by atoms with Gasteiger partial charge in [-0.1, -0.05) is 32.0 Å². The van der Waals surface area contributed by atoms with Crippen LogP contribution in [0, 0.1) is 5.92 Å². The molecule has 1 atom stereocenters. The third-order valence-electron chi connectivity index (χ3n) is 6.95. The highest BCUT2D eigenvalue weighted by Gasteiger charge is 2.22. The van der Waals surface area contributed by atoms with Crippen molar-refractivity contribution < 1.29 is 14.4 Å². The van der Waals surface area contributed by atoms with Crippen molar-refractivity contribution in [3.05, 3.63) is 54.0 Å². The van der Waals surface area contributed by atoms with Gasteiger partial charge in [-0.15, -0.1) is 0 Å². The number of carbonyl (C=O) groups excluding carboxylic acids is 1. The Kier molecular flexibility index (Phi) is 9.87. The highest BCUT2D eigenvalue weighted by Crippen LogP contribution is 2.22. The molecule has 1 unspecified atom stereocenters. The van der Waals surface area contributed by atoms with E-state index in [9.17, 15) is 4.79 Å². The number of anilines is 1. The van der Waals surface area contributed by atoms with Gasteiger partial charge in [-0.05, 0) is 49.8 Å². The number of hydroxylamine groups is 1. The molecule has 200 valence electrons. The van der Waals surface area contributed by atoms with Gasteiger partial charge in [0, 0.05) is 69.2 Å². The van der Waals surface area contributed by atoms with E-state index >= 15 is 0 Å². The number of ether oxygens (including phenoxy) is 1. The van der Waals surface area contributed by atoms with E-state index in [1.165, 1.54) is 16.5 Å². The first-order valence-corrected chi connectivity index (χ1v) is 13.6. The van der Waals surface area contributed by atoms with E-state index in [0.717, 1.165) is 58.3 Å². The summed E-state index contributed by atoms with van der Waals surface area (Å²) in [6, 6.07) is 8.54. The van der Waals surface area contributed by atoms with Gasteiger partial charge in [0.1, 0.15) is 0 Å². The number of aryl methyl sites for hydroxylation is 1. The number of amides is 1. The molecule has 2 fully saturated rings. The fraction of sp³-hybridized carbons (Fsp3) is 0.536. The number of rotatable bonds is 8. The quantitative estimate of drug-likeness (QED) is 0.441. The average molecular weight is 509 g/mol. The molecule has 37 heavy (non-hydrogen) atoms. The van der Waals surface area contributed by atoms with Crippen LogP contribution < -0.4 is 15.7 Å². The molecule has 9 heteroatoms. The lowest BCUT2D eigenvalue weighted by atomic mass is 9.97. The van der Waals surface area contributed by atoms with Crippen LogP contribution in [-0.4, -0.2) is 53.0 Å². The molecular weight excluding hydrogens is 468 g/mol. The molecule has 0 saturated carbocycles. The molecule has 2 aromatic heterocycles. The number of nitrogens with zero attached hydrogens (tertiary/aromatic N) is 4. The molecule has 2 saturated heterocycles. The van der Waals surface area contributed by atoms with E-state index in [2.05, 4.69) is 67.7 Å². The Bertz CT molecular complexity index is 1120. The van der Waals surface area contributed by atoms with Gasteiger partial charge < -0.3 is 19.5 Å². The van der Waals surface area contributed by atoms with Gasteiger partial charge in [0.2, 0.25) is 5.95 Å². The van der Waals surface area contributed by atoms with Crippen molar-refractivity contribution in [2.75, 3.05) is 31.1 Å². The summed E-state index contributed by atoms with van der Waals surface area (Å²) in [5.74, 6) is 0.937. The van der Waals surface area contributed by atoms with Crippen LogP contribution in [0.1, 0.15) is 61.9 Å². The maximum absolute atomic E-state index is 12.3. The van der Waals surface area contributed by atoms with E-state index in [-0.39, 0.29) is 12.2 Å². The van der Waals surface area contributed by atoms with Crippen molar-refractivity contribution in [3.63, 3.8) is 0 Å². The summed E-state index contributed by atoms with van der Waals surface area (Å²) in [4.78, 5) is 28.7. The first-order valence-electron chi connectivity index (χ1n) is 13.6. The van der Waals surface area contributed by atoms with Crippen molar-refractivity contribution in [3.8, 4) is 0 Å². The topological polar surface area (TPSA) is 93.5 Å². The average Bonchev–Trinajstić information content (AvgIpc) is 3.29. The molecule has 5 rings (SSSR count). The van der Waals surface area contributed by atoms with Crippen molar-refractivity contribution in [1.82, 2.24) is 25.3 Å². The fourth-order valence-electron chi connectivity index (χ4n) is 4.90. The zero-order chi connectivity index (χ0) is 26.0. The van der Waals surface area contributed by atoms with Crippen molar-refractivity contribution in [1.29, 1.82) is 0 Å². The number of nitrogens with one attached hydrogen (secondary N) is 2. The molecule has 3 aromatic rings. The molecule has 0 aliphatic carbocycles. The lowest BCUT2D eigenvalue weighted by Gasteiger charge is -2.32. The Balaban J connectivity index is 0.00000156. The van der Waals surface area contributed by atoms with Gasteiger partial charge in [0.25, 0.3) is 5.91 Å². The summed E-state index contributed by atoms with van der Waals surface area (Å²) >= 11 is 0. The summed E-state index contributed by atoms with van der Waals surface area (Å²) in [5.41, 5.74) is 5.43. The number of carbonyl (C=O) groups is 1. The standard InChI is InChI=1S/C26H34N6O3.C2H6/c1-31-18-21(22-6-2-3-7-23(22)31)15-27-14-19-9-11-32(12-10-19)26-28-16-20(17-29-26)25(33)30-35-24-8-4-5-13-34-24;1-2/h2-3,6-7,16-19,24,27H,4-5,8-15H2,1H3,(H,30,33);1-2H3. The summed E-state index contributed by atoms with van der Waals surface area (Å²) in [7, 11) is 2.10. The van der Waals surface area contributed by atoms with Crippen LogP contribution in [0.2, 0.25) is 0 Å². The number of hydrogen-bond donors (Lipinski definition) is 2. The normalized spacial score (nSPS) is 18.4. The maximum atomic E-state index is 12.3. The summed E-state index contributed by atoms with van der Waals surface area (Å²) in [6.45, 7) is 8.37. The highest BCUT2D eigenvalue weighted by molar-refractivity contribution is 5.92. The fourth-order valence-corrected chi connectivity index (χ4v) is 4.90. The number of piperidine rings is 1. The molecule has 4 heterocycles. The van der Waals surface area contributed by atoms with Gasteiger partial charge in [-0.25, -0.2) is 20.3 Å². The molecule has 9 nitrogen and oxygen atoms in total. The second kappa shape index (κ2) is 13.5. The van der Waals surface area contributed by atoms with Gasteiger partial charge in [0.15, 0.2) is 6.29 Å². The predicted octanol–water partition coefficient (Wildman–Crippen LogP) is 4.19. The highest BCUT2D eigenvalue weighted by atomic mass is 16.8. The second-order valence-corrected chi connectivity index (χ2v) is 9.46. The molecule has 0 bridgehead atoms. The Morgan fingerprint density at radius 1 is 1.11 bits per heavy atom. The third-order valence-corrected chi connectivity index (χ3v) is 6.95. The van der Waals surface area contributed by atoms with Gasteiger partial charge in [-0.3, -0.25) is 4.79 Å². The number of aromatic nitrogens is 3. The lowest BCUT2D eigenvalue weighted by Crippen LogP contribution is -2.38. The van der Waals surface area contributed by atoms with E-state index < -0.39 is 0 Å². The minimum Gasteiger partial charge on any atom is -0.350 e. The zero-order valence-electron chi connectivity index (χ0n) is 22.3. The largest absolute Gasteiger partial charge is 0.350 e. The zero-order valence-corrected chi connectivity index (χ0v) is 22.3. The molecule has 2 aliphatic heterocycles.